The maximum Gasteiger partial charge on any atom is 0.446 e. The van der Waals surface area contributed by atoms with E-state index >= 15 is 0 Å². The summed E-state index contributed by atoms with van der Waals surface area (Å²) in [4.78, 5) is 35.7. The summed E-state index contributed by atoms with van der Waals surface area (Å²) < 4.78 is 83.0. The highest BCUT2D eigenvalue weighted by atomic mass is 32.3. The largest absolute Gasteiger partial charge is 0.481 e. The summed E-state index contributed by atoms with van der Waals surface area (Å²) in [5.41, 5.74) is -1.18. The highest BCUT2D eigenvalue weighted by Crippen LogP contribution is 2.38. The highest BCUT2D eigenvalue weighted by Gasteiger charge is 2.24. The number of carbonyl (C=O) groups excluding carboxylic acids is 1. The number of benzene rings is 2. The molecule has 3 N–H and O–H groups in total. The zero-order valence-electron chi connectivity index (χ0n) is 18.5. The van der Waals surface area contributed by atoms with Crippen LogP contribution in [0.15, 0.2) is 51.7 Å². The van der Waals surface area contributed by atoms with E-state index in [9.17, 15) is 35.8 Å². The van der Waals surface area contributed by atoms with Gasteiger partial charge in [-0.15, -0.1) is 0 Å². The Balaban J connectivity index is 2.10. The van der Waals surface area contributed by atoms with E-state index in [2.05, 4.69) is 8.37 Å². The van der Waals surface area contributed by atoms with Gasteiger partial charge in [-0.2, -0.15) is 16.8 Å². The quantitative estimate of drug-likeness (QED) is 0.133. The number of aliphatic carboxylic acids is 1. The van der Waals surface area contributed by atoms with Gasteiger partial charge in [0.1, 0.15) is 5.58 Å². The summed E-state index contributed by atoms with van der Waals surface area (Å²) >= 11 is 0. The average molecular weight is 558 g/mol. The van der Waals surface area contributed by atoms with Gasteiger partial charge in [0.25, 0.3) is 0 Å². The third kappa shape index (κ3) is 7.74. The van der Waals surface area contributed by atoms with E-state index in [1.54, 1.807) is 0 Å². The SMILES string of the molecule is O=C(O)CCCCC(=O)Oc1cc(-c2oc3ccccc3c(=O)c2OS(=O)(=O)O)ccc1OS(=O)(=O)O. The van der Waals surface area contributed by atoms with Crippen LogP contribution in [0.1, 0.15) is 25.7 Å². The van der Waals surface area contributed by atoms with Gasteiger partial charge in [0.2, 0.25) is 11.2 Å². The fourth-order valence-electron chi connectivity index (χ4n) is 3.13. The van der Waals surface area contributed by atoms with E-state index in [1.165, 1.54) is 24.3 Å². The zero-order chi connectivity index (χ0) is 27.4. The van der Waals surface area contributed by atoms with Crippen molar-refractivity contribution in [3.63, 3.8) is 0 Å². The molecular formula is C21H18O14S2. The van der Waals surface area contributed by atoms with Gasteiger partial charge in [0.05, 0.1) is 5.39 Å². The zero-order valence-corrected chi connectivity index (χ0v) is 20.2. The molecule has 0 atom stereocenters. The lowest BCUT2D eigenvalue weighted by Gasteiger charge is -2.13. The first-order valence-electron chi connectivity index (χ1n) is 10.2. The van der Waals surface area contributed by atoms with Crippen LogP contribution >= 0.6 is 0 Å². The van der Waals surface area contributed by atoms with Gasteiger partial charge in [-0.3, -0.25) is 23.5 Å². The van der Waals surface area contributed by atoms with Crippen molar-refractivity contribution in [2.24, 2.45) is 0 Å². The molecule has 0 aliphatic heterocycles. The first-order chi connectivity index (χ1) is 17.2. The summed E-state index contributed by atoms with van der Waals surface area (Å²) in [6, 6.07) is 8.56. The highest BCUT2D eigenvalue weighted by molar-refractivity contribution is 7.81. The molecule has 0 spiro atoms. The van der Waals surface area contributed by atoms with Crippen LogP contribution in [-0.4, -0.2) is 43.0 Å². The predicted molar refractivity (Wildman–Crippen MR) is 124 cm³/mol. The number of esters is 1. The second-order valence-corrected chi connectivity index (χ2v) is 9.39. The van der Waals surface area contributed by atoms with Crippen LogP contribution in [0.5, 0.6) is 17.2 Å². The van der Waals surface area contributed by atoms with E-state index in [0.29, 0.717) is 0 Å². The van der Waals surface area contributed by atoms with E-state index in [0.717, 1.165) is 18.2 Å². The molecule has 0 saturated carbocycles. The number of carboxylic acids is 1. The van der Waals surface area contributed by atoms with E-state index in [1.807, 2.05) is 0 Å². The number of fused-ring (bicyclic) bond motifs is 1. The molecule has 198 valence electrons. The number of unbranched alkanes of at least 4 members (excludes halogenated alkanes) is 1. The van der Waals surface area contributed by atoms with E-state index < -0.39 is 61.2 Å². The summed E-state index contributed by atoms with van der Waals surface area (Å²) in [6.45, 7) is 0. The van der Waals surface area contributed by atoms with Crippen molar-refractivity contribution in [1.29, 1.82) is 0 Å². The molecule has 14 nitrogen and oxygen atoms in total. The molecule has 0 unspecified atom stereocenters. The maximum absolute atomic E-state index is 12.9. The van der Waals surface area contributed by atoms with E-state index in [4.69, 9.17) is 18.8 Å². The van der Waals surface area contributed by atoms with Crippen LogP contribution in [-0.2, 0) is 30.4 Å². The molecule has 2 aromatic carbocycles. The number of carbonyl (C=O) groups is 2. The molecule has 0 bridgehead atoms. The summed E-state index contributed by atoms with van der Waals surface area (Å²) in [5, 5.41) is 8.57. The lowest BCUT2D eigenvalue weighted by atomic mass is 10.1. The molecule has 1 aromatic heterocycles. The Morgan fingerprint density at radius 1 is 0.865 bits per heavy atom. The summed E-state index contributed by atoms with van der Waals surface area (Å²) in [6.07, 6.45) is -0.203. The van der Waals surface area contributed by atoms with Crippen LogP contribution in [0.2, 0.25) is 0 Å². The lowest BCUT2D eigenvalue weighted by molar-refractivity contribution is -0.138. The van der Waals surface area contributed by atoms with Crippen LogP contribution in [0, 0.1) is 0 Å². The number of hydrogen-bond acceptors (Lipinski definition) is 11. The fourth-order valence-corrected chi connectivity index (χ4v) is 3.85. The average Bonchev–Trinajstić information content (AvgIpc) is 2.78. The minimum absolute atomic E-state index is 0.0135. The van der Waals surface area contributed by atoms with Gasteiger partial charge in [0, 0.05) is 18.4 Å². The number of ether oxygens (including phenoxy) is 1. The van der Waals surface area contributed by atoms with Gasteiger partial charge >= 0.3 is 32.7 Å². The van der Waals surface area contributed by atoms with Crippen molar-refractivity contribution in [2.75, 3.05) is 0 Å². The van der Waals surface area contributed by atoms with Gasteiger partial charge in [-0.05, 0) is 43.2 Å². The van der Waals surface area contributed by atoms with Gasteiger partial charge < -0.3 is 22.6 Å². The third-order valence-electron chi connectivity index (χ3n) is 4.59. The minimum Gasteiger partial charge on any atom is -0.481 e. The number of hydrogen-bond donors (Lipinski definition) is 3. The molecule has 0 aliphatic rings. The second-order valence-electron chi connectivity index (χ2n) is 7.34. The number of rotatable bonds is 11. The number of para-hydroxylation sites is 1. The van der Waals surface area contributed by atoms with Gasteiger partial charge in [-0.25, -0.2) is 0 Å². The van der Waals surface area contributed by atoms with Crippen LogP contribution < -0.4 is 18.5 Å². The van der Waals surface area contributed by atoms with Crippen molar-refractivity contribution >= 4 is 43.7 Å². The Kier molecular flexibility index (Phi) is 8.17. The maximum atomic E-state index is 12.9. The molecule has 0 radical (unpaired) electrons. The molecule has 37 heavy (non-hydrogen) atoms. The van der Waals surface area contributed by atoms with Gasteiger partial charge in [-0.1, -0.05) is 12.1 Å². The van der Waals surface area contributed by atoms with Crippen molar-refractivity contribution < 1.29 is 58.2 Å². The standard InChI is InChI=1S/C21H18O14S2/c22-17(23)7-3-4-8-18(24)32-16-11-12(9-10-15(16)34-36(26,27)28)20-21(35-37(29,30)31)19(25)13-5-1-2-6-14(13)33-20/h1-2,5-6,9-11H,3-4,7-8H2,(H,22,23)(H,26,27,28)(H,29,30,31). The molecular weight excluding hydrogens is 540 g/mol. The number of carboxylic acid groups (broad SMARTS) is 1. The molecule has 1 heterocycles. The topological polar surface area (TPSA) is 221 Å². The smallest absolute Gasteiger partial charge is 0.446 e. The minimum atomic E-state index is -5.20. The van der Waals surface area contributed by atoms with Crippen molar-refractivity contribution in [3.8, 4) is 28.6 Å². The van der Waals surface area contributed by atoms with Crippen LogP contribution in [0.4, 0.5) is 0 Å². The molecule has 3 aromatic rings. The third-order valence-corrected chi connectivity index (χ3v) is 5.36. The van der Waals surface area contributed by atoms with Crippen LogP contribution in [0.3, 0.4) is 0 Å². The molecule has 0 amide bonds. The Hall–Kier alpha value is -3.99. The van der Waals surface area contributed by atoms with Crippen molar-refractivity contribution in [3.05, 3.63) is 52.7 Å². The summed E-state index contributed by atoms with van der Waals surface area (Å²) in [7, 11) is -10.3. The molecule has 3 rings (SSSR count). The molecule has 0 fully saturated rings. The lowest BCUT2D eigenvalue weighted by Crippen LogP contribution is -2.15. The summed E-state index contributed by atoms with van der Waals surface area (Å²) in [5.74, 6) is -4.74. The van der Waals surface area contributed by atoms with E-state index in [-0.39, 0.29) is 42.2 Å². The first kappa shape index (κ1) is 27.6. The Labute approximate surface area is 208 Å². The monoisotopic (exact) mass is 558 g/mol. The van der Waals surface area contributed by atoms with Crippen LogP contribution in [0.25, 0.3) is 22.3 Å². The van der Waals surface area contributed by atoms with Crippen molar-refractivity contribution in [1.82, 2.24) is 0 Å². The van der Waals surface area contributed by atoms with Gasteiger partial charge in [0.15, 0.2) is 17.3 Å². The fraction of sp³-hybridized carbons (Fsp3) is 0.190. The predicted octanol–water partition coefficient (Wildman–Crippen LogP) is 2.37. The molecule has 0 aliphatic carbocycles. The first-order valence-corrected chi connectivity index (χ1v) is 12.9. The van der Waals surface area contributed by atoms with Crippen molar-refractivity contribution in [2.45, 2.75) is 25.7 Å². The Morgan fingerprint density at radius 3 is 2.16 bits per heavy atom. The molecule has 16 heteroatoms. The Bertz CT molecular complexity index is 1620. The molecule has 0 saturated heterocycles. The second kappa shape index (κ2) is 11.0. The Morgan fingerprint density at radius 2 is 1.51 bits per heavy atom. The normalized spacial score (nSPS) is 11.7.